The maximum Gasteiger partial charge on any atom is 0.349 e. The predicted octanol–water partition coefficient (Wildman–Crippen LogP) is 2.84. The highest BCUT2D eigenvalue weighted by Crippen LogP contribution is 2.17. The lowest BCUT2D eigenvalue weighted by molar-refractivity contribution is -0.166. The van der Waals surface area contributed by atoms with Crippen LogP contribution in [0, 0.1) is 27.7 Å². The molecule has 2 N–H and O–H groups in total. The SMILES string of the molecule is Cc1ccc(C(=O)O[C@H](C(=O)O)[C@H](OC(=O)c2ccc(C)c(C)c2)C(=O)O)cc1C. The molecule has 2 aromatic carbocycles. The molecule has 2 rings (SSSR count). The number of carbonyl (C=O) groups is 4. The number of hydrogen-bond donors (Lipinski definition) is 2. The zero-order valence-electron chi connectivity index (χ0n) is 17.0. The van der Waals surface area contributed by atoms with Gasteiger partial charge in [0.1, 0.15) is 0 Å². The quantitative estimate of drug-likeness (QED) is 0.662. The fourth-order valence-corrected chi connectivity index (χ4v) is 2.59. The second kappa shape index (κ2) is 9.21. The number of benzene rings is 2. The van der Waals surface area contributed by atoms with Gasteiger partial charge in [0.2, 0.25) is 12.2 Å². The van der Waals surface area contributed by atoms with Gasteiger partial charge in [-0.3, -0.25) is 0 Å². The zero-order chi connectivity index (χ0) is 22.6. The minimum Gasteiger partial charge on any atom is -0.478 e. The normalized spacial score (nSPS) is 12.5. The van der Waals surface area contributed by atoms with Crippen molar-refractivity contribution >= 4 is 23.9 Å². The van der Waals surface area contributed by atoms with E-state index in [-0.39, 0.29) is 11.1 Å². The van der Waals surface area contributed by atoms with Gasteiger partial charge in [-0.25, -0.2) is 19.2 Å². The largest absolute Gasteiger partial charge is 0.478 e. The van der Waals surface area contributed by atoms with Crippen LogP contribution in [0.25, 0.3) is 0 Å². The summed E-state index contributed by atoms with van der Waals surface area (Å²) in [6, 6.07) is 9.15. The molecule has 0 unspecified atom stereocenters. The second-order valence-electron chi connectivity index (χ2n) is 6.93. The number of aliphatic carboxylic acids is 2. The second-order valence-corrected chi connectivity index (χ2v) is 6.93. The molecule has 0 fully saturated rings. The molecule has 0 spiro atoms. The van der Waals surface area contributed by atoms with Crippen molar-refractivity contribution in [2.75, 3.05) is 0 Å². The first-order valence-electron chi connectivity index (χ1n) is 9.03. The van der Waals surface area contributed by atoms with Crippen molar-refractivity contribution in [1.82, 2.24) is 0 Å². The van der Waals surface area contributed by atoms with Crippen molar-refractivity contribution in [2.24, 2.45) is 0 Å². The van der Waals surface area contributed by atoms with Crippen molar-refractivity contribution in [3.63, 3.8) is 0 Å². The van der Waals surface area contributed by atoms with Gasteiger partial charge in [0.25, 0.3) is 0 Å². The fraction of sp³-hybridized carbons (Fsp3) is 0.273. The Morgan fingerprint density at radius 2 is 0.967 bits per heavy atom. The van der Waals surface area contributed by atoms with Gasteiger partial charge in [-0.1, -0.05) is 12.1 Å². The van der Waals surface area contributed by atoms with Gasteiger partial charge in [-0.15, -0.1) is 0 Å². The Kier molecular flexibility index (Phi) is 6.94. The van der Waals surface area contributed by atoms with E-state index in [1.54, 1.807) is 26.0 Å². The van der Waals surface area contributed by atoms with E-state index in [4.69, 9.17) is 9.47 Å². The molecular formula is C22H22O8. The van der Waals surface area contributed by atoms with Gasteiger partial charge >= 0.3 is 23.9 Å². The topological polar surface area (TPSA) is 127 Å². The first kappa shape index (κ1) is 22.6. The molecule has 0 aliphatic rings. The molecule has 0 aliphatic carbocycles. The van der Waals surface area contributed by atoms with Gasteiger partial charge in [0.15, 0.2) is 0 Å². The maximum absolute atomic E-state index is 12.4. The Morgan fingerprint density at radius 1 is 0.633 bits per heavy atom. The molecule has 0 radical (unpaired) electrons. The third-order valence-corrected chi connectivity index (χ3v) is 4.71. The summed E-state index contributed by atoms with van der Waals surface area (Å²) in [5.74, 6) is -5.60. The Hall–Kier alpha value is -3.68. The average Bonchev–Trinajstić information content (AvgIpc) is 2.67. The standard InChI is InChI=1S/C22H22O8/c1-11-5-7-15(9-13(11)3)21(27)29-17(19(23)24)18(20(25)26)30-22(28)16-8-6-12(2)14(4)10-16/h5-10,17-18H,1-4H3,(H,23,24)(H,25,26)/t17-,18-/m0/s1. The Bertz CT molecular complexity index is 927. The summed E-state index contributed by atoms with van der Waals surface area (Å²) >= 11 is 0. The van der Waals surface area contributed by atoms with Crippen LogP contribution in [-0.2, 0) is 19.1 Å². The molecule has 30 heavy (non-hydrogen) atoms. The molecule has 0 saturated carbocycles. The van der Waals surface area contributed by atoms with Crippen LogP contribution in [0.15, 0.2) is 36.4 Å². The van der Waals surface area contributed by atoms with Crippen LogP contribution in [0.3, 0.4) is 0 Å². The van der Waals surface area contributed by atoms with Crippen LogP contribution < -0.4 is 0 Å². The van der Waals surface area contributed by atoms with Gasteiger partial charge in [-0.2, -0.15) is 0 Å². The molecule has 0 aromatic heterocycles. The van der Waals surface area contributed by atoms with E-state index in [9.17, 15) is 29.4 Å². The zero-order valence-corrected chi connectivity index (χ0v) is 17.0. The maximum atomic E-state index is 12.4. The summed E-state index contributed by atoms with van der Waals surface area (Å²) in [6.45, 7) is 7.17. The molecule has 158 valence electrons. The molecule has 8 nitrogen and oxygen atoms in total. The van der Waals surface area contributed by atoms with E-state index in [2.05, 4.69) is 0 Å². The third-order valence-electron chi connectivity index (χ3n) is 4.71. The number of aryl methyl sites for hydroxylation is 4. The number of carbonyl (C=O) groups excluding carboxylic acids is 2. The lowest BCUT2D eigenvalue weighted by atomic mass is 10.1. The van der Waals surface area contributed by atoms with Crippen molar-refractivity contribution < 1.29 is 38.9 Å². The highest BCUT2D eigenvalue weighted by Gasteiger charge is 2.41. The minimum atomic E-state index is -2.23. The molecule has 2 atom stereocenters. The third kappa shape index (κ3) is 5.22. The van der Waals surface area contributed by atoms with Crippen LogP contribution in [0.4, 0.5) is 0 Å². The Balaban J connectivity index is 2.26. The average molecular weight is 414 g/mol. The van der Waals surface area contributed by atoms with E-state index in [0.29, 0.717) is 0 Å². The van der Waals surface area contributed by atoms with Crippen LogP contribution >= 0.6 is 0 Å². The summed E-state index contributed by atoms with van der Waals surface area (Å²) in [5, 5.41) is 18.8. The van der Waals surface area contributed by atoms with Crippen LogP contribution in [0.5, 0.6) is 0 Å². The number of rotatable bonds is 7. The number of carboxylic acid groups (broad SMARTS) is 2. The fourth-order valence-electron chi connectivity index (χ4n) is 2.59. The molecule has 0 amide bonds. The number of hydrogen-bond acceptors (Lipinski definition) is 6. The summed E-state index contributed by atoms with van der Waals surface area (Å²) in [7, 11) is 0. The number of ether oxygens (including phenoxy) is 2. The molecule has 0 aliphatic heterocycles. The molecule has 2 aromatic rings. The van der Waals surface area contributed by atoms with Crippen molar-refractivity contribution in [3.05, 3.63) is 69.8 Å². The van der Waals surface area contributed by atoms with E-state index in [1.807, 2.05) is 13.8 Å². The summed E-state index contributed by atoms with van der Waals surface area (Å²) in [6.07, 6.45) is -4.46. The van der Waals surface area contributed by atoms with Gasteiger partial charge < -0.3 is 19.7 Å². The van der Waals surface area contributed by atoms with E-state index < -0.39 is 36.1 Å². The van der Waals surface area contributed by atoms with Crippen molar-refractivity contribution in [3.8, 4) is 0 Å². The number of carboxylic acids is 2. The van der Waals surface area contributed by atoms with Gasteiger partial charge in [-0.05, 0) is 74.2 Å². The molecule has 0 heterocycles. The van der Waals surface area contributed by atoms with Crippen molar-refractivity contribution in [1.29, 1.82) is 0 Å². The van der Waals surface area contributed by atoms with E-state index >= 15 is 0 Å². The number of esters is 2. The Morgan fingerprint density at radius 3 is 1.23 bits per heavy atom. The predicted molar refractivity (Wildman–Crippen MR) is 106 cm³/mol. The molecule has 0 saturated heterocycles. The van der Waals surface area contributed by atoms with Crippen LogP contribution in [0.2, 0.25) is 0 Å². The van der Waals surface area contributed by atoms with E-state index in [0.717, 1.165) is 22.3 Å². The molecule has 0 bridgehead atoms. The van der Waals surface area contributed by atoms with Crippen LogP contribution in [-0.4, -0.2) is 46.3 Å². The first-order chi connectivity index (χ1) is 14.0. The highest BCUT2D eigenvalue weighted by molar-refractivity contribution is 5.95. The lowest BCUT2D eigenvalue weighted by Gasteiger charge is -2.21. The smallest absolute Gasteiger partial charge is 0.349 e. The van der Waals surface area contributed by atoms with Crippen LogP contribution in [0.1, 0.15) is 43.0 Å². The molecule has 8 heteroatoms. The summed E-state index contributed by atoms with van der Waals surface area (Å²) < 4.78 is 9.80. The summed E-state index contributed by atoms with van der Waals surface area (Å²) in [5.41, 5.74) is 3.46. The lowest BCUT2D eigenvalue weighted by Crippen LogP contribution is -2.45. The van der Waals surface area contributed by atoms with E-state index in [1.165, 1.54) is 24.3 Å². The monoisotopic (exact) mass is 414 g/mol. The first-order valence-corrected chi connectivity index (χ1v) is 9.03. The van der Waals surface area contributed by atoms with Gasteiger partial charge in [0.05, 0.1) is 11.1 Å². The van der Waals surface area contributed by atoms with Crippen molar-refractivity contribution in [2.45, 2.75) is 39.9 Å². The van der Waals surface area contributed by atoms with Gasteiger partial charge in [0, 0.05) is 0 Å². The Labute approximate surface area is 173 Å². The highest BCUT2D eigenvalue weighted by atomic mass is 16.6. The summed E-state index contributed by atoms with van der Waals surface area (Å²) in [4.78, 5) is 48.0. The minimum absolute atomic E-state index is 0.0500. The molecular weight excluding hydrogens is 392 g/mol.